The number of nitrogens with two attached hydrogens (primary N) is 1. The Kier molecular flexibility index (Phi) is 4.21. The van der Waals surface area contributed by atoms with Gasteiger partial charge in [0, 0.05) is 16.7 Å². The predicted molar refractivity (Wildman–Crippen MR) is 70.5 cm³/mol. The monoisotopic (exact) mass is 348 g/mol. The summed E-state index contributed by atoms with van der Waals surface area (Å²) < 4.78 is 7.68. The second kappa shape index (κ2) is 5.47. The van der Waals surface area contributed by atoms with Gasteiger partial charge in [-0.1, -0.05) is 0 Å². The Morgan fingerprint density at radius 2 is 1.94 bits per heavy atom. The zero-order chi connectivity index (χ0) is 11.5. The van der Waals surface area contributed by atoms with Gasteiger partial charge in [0.2, 0.25) is 5.88 Å². The van der Waals surface area contributed by atoms with E-state index in [0.717, 1.165) is 34.6 Å². The van der Waals surface area contributed by atoms with Gasteiger partial charge >= 0.3 is 0 Å². The molecule has 1 fully saturated rings. The third-order valence-electron chi connectivity index (χ3n) is 2.77. The van der Waals surface area contributed by atoms with E-state index in [-0.39, 0.29) is 6.10 Å². The van der Waals surface area contributed by atoms with Crippen molar-refractivity contribution in [1.82, 2.24) is 4.98 Å². The fraction of sp³-hybridized carbons (Fsp3) is 0.545. The highest BCUT2D eigenvalue weighted by atomic mass is 79.9. The van der Waals surface area contributed by atoms with Gasteiger partial charge in [-0.25, -0.2) is 4.98 Å². The normalized spacial score (nSPS) is 25.4. The Morgan fingerprint density at radius 1 is 1.25 bits per heavy atom. The zero-order valence-electron chi connectivity index (χ0n) is 8.83. The van der Waals surface area contributed by atoms with Crippen LogP contribution in [-0.4, -0.2) is 17.1 Å². The first-order chi connectivity index (χ1) is 7.65. The molecule has 1 aromatic heterocycles. The van der Waals surface area contributed by atoms with Crippen LogP contribution in [0.5, 0.6) is 5.88 Å². The Hall–Kier alpha value is -0.130. The molecule has 0 saturated heterocycles. The van der Waals surface area contributed by atoms with Crippen LogP contribution in [0.25, 0.3) is 0 Å². The van der Waals surface area contributed by atoms with E-state index in [0.29, 0.717) is 11.9 Å². The number of halogens is 2. The lowest BCUT2D eigenvalue weighted by Gasteiger charge is -2.26. The fourth-order valence-corrected chi connectivity index (χ4v) is 2.93. The van der Waals surface area contributed by atoms with Crippen LogP contribution >= 0.6 is 31.9 Å². The SMILES string of the molecule is NC1CCC(Oc2ncc(Br)cc2Br)CC1. The summed E-state index contributed by atoms with van der Waals surface area (Å²) in [6.07, 6.45) is 6.12. The molecule has 0 atom stereocenters. The van der Waals surface area contributed by atoms with E-state index in [1.165, 1.54) is 0 Å². The molecule has 0 aromatic carbocycles. The first-order valence-corrected chi connectivity index (χ1v) is 6.97. The van der Waals surface area contributed by atoms with Crippen LogP contribution in [0.2, 0.25) is 0 Å². The molecule has 2 rings (SSSR count). The number of hydrogen-bond donors (Lipinski definition) is 1. The van der Waals surface area contributed by atoms with E-state index < -0.39 is 0 Å². The fourth-order valence-electron chi connectivity index (χ4n) is 1.85. The van der Waals surface area contributed by atoms with E-state index in [2.05, 4.69) is 36.8 Å². The smallest absolute Gasteiger partial charge is 0.228 e. The molecule has 16 heavy (non-hydrogen) atoms. The minimum atomic E-state index is 0.254. The van der Waals surface area contributed by atoms with Crippen LogP contribution in [0.1, 0.15) is 25.7 Å². The van der Waals surface area contributed by atoms with Gasteiger partial charge in [0.1, 0.15) is 6.10 Å². The number of rotatable bonds is 2. The highest BCUT2D eigenvalue weighted by Gasteiger charge is 2.20. The first kappa shape index (κ1) is 12.3. The molecular weight excluding hydrogens is 336 g/mol. The second-order valence-corrected chi connectivity index (χ2v) is 5.87. The molecule has 0 spiro atoms. The van der Waals surface area contributed by atoms with Crippen LogP contribution in [0.3, 0.4) is 0 Å². The number of hydrogen-bond acceptors (Lipinski definition) is 3. The summed E-state index contributed by atoms with van der Waals surface area (Å²) in [4.78, 5) is 4.24. The second-order valence-electron chi connectivity index (χ2n) is 4.10. The largest absolute Gasteiger partial charge is 0.474 e. The minimum absolute atomic E-state index is 0.254. The molecule has 0 bridgehead atoms. The summed E-state index contributed by atoms with van der Waals surface area (Å²) in [5, 5.41) is 0. The summed E-state index contributed by atoms with van der Waals surface area (Å²) in [5.74, 6) is 0.670. The number of ether oxygens (including phenoxy) is 1. The van der Waals surface area contributed by atoms with Crippen LogP contribution < -0.4 is 10.5 Å². The summed E-state index contributed by atoms with van der Waals surface area (Å²) >= 11 is 6.81. The predicted octanol–water partition coefficient (Wildman–Crippen LogP) is 3.26. The van der Waals surface area contributed by atoms with Gasteiger partial charge in [0.05, 0.1) is 4.47 Å². The van der Waals surface area contributed by atoms with E-state index in [1.54, 1.807) is 6.20 Å². The number of aromatic nitrogens is 1. The molecule has 1 aliphatic carbocycles. The van der Waals surface area contributed by atoms with E-state index in [4.69, 9.17) is 10.5 Å². The molecule has 0 radical (unpaired) electrons. The zero-order valence-corrected chi connectivity index (χ0v) is 12.0. The Morgan fingerprint density at radius 3 is 2.56 bits per heavy atom. The average molecular weight is 350 g/mol. The van der Waals surface area contributed by atoms with Crippen molar-refractivity contribution < 1.29 is 4.74 Å². The van der Waals surface area contributed by atoms with Gasteiger partial charge in [0.15, 0.2) is 0 Å². The molecule has 1 heterocycles. The third-order valence-corrected chi connectivity index (χ3v) is 3.77. The highest BCUT2D eigenvalue weighted by molar-refractivity contribution is 9.11. The van der Waals surface area contributed by atoms with Gasteiger partial charge in [-0.2, -0.15) is 0 Å². The highest BCUT2D eigenvalue weighted by Crippen LogP contribution is 2.29. The van der Waals surface area contributed by atoms with Crippen molar-refractivity contribution >= 4 is 31.9 Å². The van der Waals surface area contributed by atoms with Crippen molar-refractivity contribution in [1.29, 1.82) is 0 Å². The summed E-state index contributed by atoms with van der Waals surface area (Å²) in [7, 11) is 0. The average Bonchev–Trinajstić information content (AvgIpc) is 2.25. The summed E-state index contributed by atoms with van der Waals surface area (Å²) in [6.45, 7) is 0. The third kappa shape index (κ3) is 3.18. The van der Waals surface area contributed by atoms with Crippen molar-refractivity contribution in [3.05, 3.63) is 21.2 Å². The minimum Gasteiger partial charge on any atom is -0.474 e. The maximum absolute atomic E-state index is 5.86. The molecule has 1 saturated carbocycles. The molecular formula is C11H14Br2N2O. The Bertz CT molecular complexity index is 365. The molecule has 3 nitrogen and oxygen atoms in total. The first-order valence-electron chi connectivity index (χ1n) is 5.38. The van der Waals surface area contributed by atoms with Gasteiger partial charge in [-0.3, -0.25) is 0 Å². The van der Waals surface area contributed by atoms with Gasteiger partial charge < -0.3 is 10.5 Å². The van der Waals surface area contributed by atoms with Crippen molar-refractivity contribution in [3.8, 4) is 5.88 Å². The van der Waals surface area contributed by atoms with Crippen LogP contribution in [0, 0.1) is 0 Å². The molecule has 5 heteroatoms. The molecule has 1 aromatic rings. The molecule has 0 aliphatic heterocycles. The Balaban J connectivity index is 1.98. The van der Waals surface area contributed by atoms with Crippen LogP contribution in [0.15, 0.2) is 21.2 Å². The van der Waals surface area contributed by atoms with Crippen molar-refractivity contribution in [2.45, 2.75) is 37.8 Å². The molecule has 0 amide bonds. The maximum atomic E-state index is 5.86. The van der Waals surface area contributed by atoms with Crippen molar-refractivity contribution in [3.63, 3.8) is 0 Å². The quantitative estimate of drug-likeness (QED) is 0.891. The molecule has 2 N–H and O–H groups in total. The summed E-state index contributed by atoms with van der Waals surface area (Å²) in [6, 6.07) is 2.29. The van der Waals surface area contributed by atoms with Crippen molar-refractivity contribution in [2.75, 3.05) is 0 Å². The number of nitrogens with zero attached hydrogens (tertiary/aromatic N) is 1. The lowest BCUT2D eigenvalue weighted by Crippen LogP contribution is -2.31. The Labute approximate surface area is 112 Å². The van der Waals surface area contributed by atoms with E-state index in [9.17, 15) is 0 Å². The van der Waals surface area contributed by atoms with Crippen LogP contribution in [0.4, 0.5) is 0 Å². The van der Waals surface area contributed by atoms with Gasteiger partial charge in [0.25, 0.3) is 0 Å². The molecule has 1 aliphatic rings. The molecule has 0 unspecified atom stereocenters. The van der Waals surface area contributed by atoms with Gasteiger partial charge in [-0.05, 0) is 63.6 Å². The lowest BCUT2D eigenvalue weighted by atomic mass is 9.94. The maximum Gasteiger partial charge on any atom is 0.228 e. The van der Waals surface area contributed by atoms with Gasteiger partial charge in [-0.15, -0.1) is 0 Å². The lowest BCUT2D eigenvalue weighted by molar-refractivity contribution is 0.140. The van der Waals surface area contributed by atoms with E-state index >= 15 is 0 Å². The topological polar surface area (TPSA) is 48.1 Å². The van der Waals surface area contributed by atoms with E-state index in [1.807, 2.05) is 6.07 Å². The standard InChI is InChI=1S/C11H14Br2N2O/c12-7-5-10(13)11(15-6-7)16-9-3-1-8(14)2-4-9/h5-6,8-9H,1-4,14H2. The molecule has 88 valence electrons. The number of pyridine rings is 1. The van der Waals surface area contributed by atoms with Crippen molar-refractivity contribution in [2.24, 2.45) is 5.73 Å². The van der Waals surface area contributed by atoms with Crippen LogP contribution in [-0.2, 0) is 0 Å². The summed E-state index contributed by atoms with van der Waals surface area (Å²) in [5.41, 5.74) is 5.85.